The molecule has 1 aliphatic carbocycles. The number of nitrogens with one attached hydrogen (secondary N) is 3. The highest BCUT2D eigenvalue weighted by Gasteiger charge is 2.45. The van der Waals surface area contributed by atoms with Crippen LogP contribution in [0.25, 0.3) is 0 Å². The lowest BCUT2D eigenvalue weighted by Gasteiger charge is -2.36. The zero-order chi connectivity index (χ0) is 25.2. The number of hydrogen-bond acceptors (Lipinski definition) is 5. The standard InChI is InChI=1S/C28H26ClN3O4/c1-16-14-18(9-11-20(16)29)35-15-19-10-12-23(36-19)27-25(28(34)32-24-8-3-4-13-30-24)17(2)31-21-6-5-7-22(33)26(21)27/h3-4,6,8-14,26-27,31H,5,7,15H2,1-2H3,(H,30,32,34)/p+1. The van der Waals surface area contributed by atoms with E-state index in [1.54, 1.807) is 24.4 Å². The van der Waals surface area contributed by atoms with Gasteiger partial charge in [0.15, 0.2) is 0 Å². The van der Waals surface area contributed by atoms with Gasteiger partial charge in [0.2, 0.25) is 0 Å². The van der Waals surface area contributed by atoms with Gasteiger partial charge in [-0.1, -0.05) is 23.7 Å². The van der Waals surface area contributed by atoms with Crippen molar-refractivity contribution < 1.29 is 23.7 Å². The van der Waals surface area contributed by atoms with E-state index in [4.69, 9.17) is 20.8 Å². The number of carbonyl (C=O) groups excluding carboxylic acids is 2. The van der Waals surface area contributed by atoms with Gasteiger partial charge in [-0.15, -0.1) is 0 Å². The fourth-order valence-corrected chi connectivity index (χ4v) is 4.90. The zero-order valence-electron chi connectivity index (χ0n) is 20.1. The number of H-pyrrole nitrogens is 1. The third kappa shape index (κ3) is 4.79. The molecule has 36 heavy (non-hydrogen) atoms. The molecule has 5 rings (SSSR count). The van der Waals surface area contributed by atoms with Gasteiger partial charge in [0.1, 0.15) is 29.7 Å². The van der Waals surface area contributed by atoms with E-state index in [0.717, 1.165) is 11.3 Å². The van der Waals surface area contributed by atoms with Crippen LogP contribution in [0.4, 0.5) is 5.82 Å². The molecule has 1 aromatic carbocycles. The van der Waals surface area contributed by atoms with Crippen molar-refractivity contribution >= 4 is 29.1 Å². The predicted octanol–water partition coefficient (Wildman–Crippen LogP) is 5.10. The minimum atomic E-state index is -0.555. The summed E-state index contributed by atoms with van der Waals surface area (Å²) >= 11 is 6.11. The smallest absolute Gasteiger partial charge is 0.337 e. The maximum atomic E-state index is 13.5. The Morgan fingerprint density at radius 3 is 2.83 bits per heavy atom. The molecule has 1 amide bonds. The molecule has 2 aliphatic rings. The molecule has 0 fully saturated rings. The summed E-state index contributed by atoms with van der Waals surface area (Å²) in [6, 6.07) is 14.6. The summed E-state index contributed by atoms with van der Waals surface area (Å²) in [5, 5.41) is 6.89. The number of aromatic nitrogens is 1. The third-order valence-corrected chi connectivity index (χ3v) is 6.94. The number of amides is 1. The maximum Gasteiger partial charge on any atom is 0.337 e. The lowest BCUT2D eigenvalue weighted by atomic mass is 9.72. The topological polar surface area (TPSA) is 94.7 Å². The van der Waals surface area contributed by atoms with Crippen molar-refractivity contribution in [3.8, 4) is 5.75 Å². The number of ether oxygens (including phenoxy) is 1. The third-order valence-electron chi connectivity index (χ3n) is 6.52. The molecule has 3 N–H and O–H groups in total. The van der Waals surface area contributed by atoms with Gasteiger partial charge >= 0.3 is 5.91 Å². The molecule has 3 aromatic rings. The number of carbonyl (C=O) groups is 2. The normalized spacial score (nSPS) is 19.3. The second kappa shape index (κ2) is 10.0. The Morgan fingerprint density at radius 1 is 1.19 bits per heavy atom. The van der Waals surface area contributed by atoms with Crippen LogP contribution in [0.1, 0.15) is 42.8 Å². The SMILES string of the molecule is CC1=C(C(=O)Nc2cccc[nH+]2)C(c2ccc(COc3ccc(Cl)c(C)c3)o2)C2C(=O)CCC=C2N1. The van der Waals surface area contributed by atoms with Crippen molar-refractivity contribution in [1.29, 1.82) is 0 Å². The number of hydrogen-bond donors (Lipinski definition) is 2. The van der Waals surface area contributed by atoms with Crippen LogP contribution in [-0.4, -0.2) is 11.7 Å². The molecule has 184 valence electrons. The van der Waals surface area contributed by atoms with Gasteiger partial charge in [0.25, 0.3) is 5.82 Å². The number of aryl methyl sites for hydroxylation is 1. The Kier molecular flexibility index (Phi) is 6.65. The summed E-state index contributed by atoms with van der Waals surface area (Å²) in [7, 11) is 0. The molecule has 8 heteroatoms. The number of aromatic amines is 1. The molecule has 3 heterocycles. The van der Waals surface area contributed by atoms with Crippen molar-refractivity contribution in [3.63, 3.8) is 0 Å². The summed E-state index contributed by atoms with van der Waals surface area (Å²) in [5.74, 6) is 1.11. The number of fused-ring (bicyclic) bond motifs is 1. The number of halogens is 1. The van der Waals surface area contributed by atoms with Crippen LogP contribution in [-0.2, 0) is 16.2 Å². The van der Waals surface area contributed by atoms with Gasteiger partial charge < -0.3 is 14.5 Å². The van der Waals surface area contributed by atoms with Crippen LogP contribution in [0.3, 0.4) is 0 Å². The van der Waals surface area contributed by atoms with Gasteiger partial charge in [0, 0.05) is 28.9 Å². The number of ketones is 1. The average molecular weight is 505 g/mol. The fraction of sp³-hybridized carbons (Fsp3) is 0.250. The number of allylic oxidation sites excluding steroid dienone is 3. The van der Waals surface area contributed by atoms with E-state index in [1.165, 1.54) is 0 Å². The number of anilines is 1. The minimum absolute atomic E-state index is 0.0833. The molecule has 2 unspecified atom stereocenters. The van der Waals surface area contributed by atoms with Crippen molar-refractivity contribution in [2.45, 2.75) is 39.2 Å². The lowest BCUT2D eigenvalue weighted by molar-refractivity contribution is -0.360. The summed E-state index contributed by atoms with van der Waals surface area (Å²) in [4.78, 5) is 29.6. The van der Waals surface area contributed by atoms with E-state index >= 15 is 0 Å². The van der Waals surface area contributed by atoms with E-state index in [1.807, 2.05) is 50.3 Å². The first-order chi connectivity index (χ1) is 17.4. The molecule has 0 radical (unpaired) electrons. The molecule has 2 atom stereocenters. The van der Waals surface area contributed by atoms with Crippen LogP contribution >= 0.6 is 11.6 Å². The van der Waals surface area contributed by atoms with Crippen molar-refractivity contribution in [2.75, 3.05) is 5.32 Å². The highest BCUT2D eigenvalue weighted by Crippen LogP contribution is 2.44. The zero-order valence-corrected chi connectivity index (χ0v) is 20.8. The molecule has 1 aliphatic heterocycles. The number of pyridine rings is 1. The van der Waals surface area contributed by atoms with Gasteiger partial charge in [0.05, 0.1) is 23.6 Å². The quantitative estimate of drug-likeness (QED) is 0.487. The first kappa shape index (κ1) is 23.9. The van der Waals surface area contributed by atoms with Gasteiger partial charge in [-0.05, 0) is 62.2 Å². The highest BCUT2D eigenvalue weighted by molar-refractivity contribution is 6.31. The largest absolute Gasteiger partial charge is 0.486 e. The minimum Gasteiger partial charge on any atom is -0.486 e. The molecule has 2 aromatic heterocycles. The maximum absolute atomic E-state index is 13.5. The fourth-order valence-electron chi connectivity index (χ4n) is 4.78. The Labute approximate surface area is 214 Å². The van der Waals surface area contributed by atoms with Crippen LogP contribution in [0.2, 0.25) is 5.02 Å². The molecule has 0 saturated carbocycles. The monoisotopic (exact) mass is 504 g/mol. The average Bonchev–Trinajstić information content (AvgIpc) is 3.33. The lowest BCUT2D eigenvalue weighted by Crippen LogP contribution is -2.41. The second-order valence-corrected chi connectivity index (χ2v) is 9.42. The van der Waals surface area contributed by atoms with Crippen LogP contribution in [0.5, 0.6) is 5.75 Å². The molecule has 0 spiro atoms. The van der Waals surface area contributed by atoms with Crippen molar-refractivity contribution in [3.05, 3.63) is 99.9 Å². The van der Waals surface area contributed by atoms with Gasteiger partial charge in [-0.25, -0.2) is 15.1 Å². The highest BCUT2D eigenvalue weighted by atomic mass is 35.5. The Bertz CT molecular complexity index is 1380. The Hall–Kier alpha value is -3.84. The van der Waals surface area contributed by atoms with E-state index in [-0.39, 0.29) is 18.3 Å². The number of rotatable bonds is 6. The summed E-state index contributed by atoms with van der Waals surface area (Å²) in [6.07, 6.45) is 4.88. The Morgan fingerprint density at radius 2 is 2.06 bits per heavy atom. The van der Waals surface area contributed by atoms with E-state index in [9.17, 15) is 9.59 Å². The summed E-state index contributed by atoms with van der Waals surface area (Å²) < 4.78 is 12.1. The van der Waals surface area contributed by atoms with Crippen molar-refractivity contribution in [1.82, 2.24) is 5.32 Å². The van der Waals surface area contributed by atoms with E-state index in [2.05, 4.69) is 15.6 Å². The first-order valence-electron chi connectivity index (χ1n) is 11.9. The number of furan rings is 1. The molecular weight excluding hydrogens is 478 g/mol. The molecule has 0 bridgehead atoms. The van der Waals surface area contributed by atoms with E-state index in [0.29, 0.717) is 52.2 Å². The van der Waals surface area contributed by atoms with Crippen LogP contribution in [0, 0.1) is 12.8 Å². The molecule has 7 nitrogen and oxygen atoms in total. The molecule has 0 saturated heterocycles. The van der Waals surface area contributed by atoms with Crippen LogP contribution in [0.15, 0.2) is 82.2 Å². The summed E-state index contributed by atoms with van der Waals surface area (Å²) in [6.45, 7) is 3.97. The predicted molar refractivity (Wildman–Crippen MR) is 135 cm³/mol. The number of Topliss-reactive ketones (excluding diaryl/α,β-unsaturated/α-hetero) is 1. The first-order valence-corrected chi connectivity index (χ1v) is 12.2. The second-order valence-electron chi connectivity index (χ2n) is 9.02. The Balaban J connectivity index is 1.45. The number of benzene rings is 1. The summed E-state index contributed by atoms with van der Waals surface area (Å²) in [5.41, 5.74) is 2.91. The molecular formula is C28H27ClN3O4+. The van der Waals surface area contributed by atoms with E-state index < -0.39 is 11.8 Å². The van der Waals surface area contributed by atoms with Gasteiger partial charge in [-0.3, -0.25) is 4.79 Å². The van der Waals surface area contributed by atoms with Crippen molar-refractivity contribution in [2.24, 2.45) is 5.92 Å². The van der Waals surface area contributed by atoms with Gasteiger partial charge in [-0.2, -0.15) is 0 Å². The van der Waals surface area contributed by atoms with Crippen LogP contribution < -0.4 is 20.4 Å².